The summed E-state index contributed by atoms with van der Waals surface area (Å²) in [4.78, 5) is 15.9. The van der Waals surface area contributed by atoms with Gasteiger partial charge in [0.05, 0.1) is 10.7 Å². The summed E-state index contributed by atoms with van der Waals surface area (Å²) < 4.78 is 0. The van der Waals surface area contributed by atoms with Gasteiger partial charge >= 0.3 is 0 Å². The summed E-state index contributed by atoms with van der Waals surface area (Å²) in [7, 11) is 0. The van der Waals surface area contributed by atoms with E-state index in [1.165, 1.54) is 0 Å². The number of anilines is 1. The Kier molecular flexibility index (Phi) is 4.36. The lowest BCUT2D eigenvalue weighted by atomic mass is 10.1. The number of nitrogens with zero attached hydrogens (tertiary/aromatic N) is 1. The van der Waals surface area contributed by atoms with Crippen molar-refractivity contribution in [3.63, 3.8) is 0 Å². The number of nitrogen functional groups attached to an aromatic ring is 1. The Bertz CT molecular complexity index is 572. The van der Waals surface area contributed by atoms with Gasteiger partial charge in [-0.05, 0) is 36.2 Å². The van der Waals surface area contributed by atoms with E-state index in [0.717, 1.165) is 12.0 Å². The predicted molar refractivity (Wildman–Crippen MR) is 76.1 cm³/mol. The lowest BCUT2D eigenvalue weighted by Crippen LogP contribution is -2.25. The molecule has 0 aliphatic carbocycles. The summed E-state index contributed by atoms with van der Waals surface area (Å²) in [6, 6.07) is 8.68. The molecule has 0 saturated carbocycles. The summed E-state index contributed by atoms with van der Waals surface area (Å²) in [5, 5.41) is 3.28. The van der Waals surface area contributed by atoms with Gasteiger partial charge in [0.25, 0.3) is 5.91 Å². The highest BCUT2D eigenvalue weighted by Gasteiger charge is 2.06. The minimum absolute atomic E-state index is 0.160. The van der Waals surface area contributed by atoms with Crippen LogP contribution in [-0.2, 0) is 6.42 Å². The topological polar surface area (TPSA) is 68.0 Å². The first kappa shape index (κ1) is 13.4. The monoisotopic (exact) mass is 275 g/mol. The fourth-order valence-electron chi connectivity index (χ4n) is 1.65. The second-order valence-electron chi connectivity index (χ2n) is 4.10. The van der Waals surface area contributed by atoms with Crippen LogP contribution in [-0.4, -0.2) is 17.4 Å². The number of carbonyl (C=O) groups excluding carboxylic acids is 1. The van der Waals surface area contributed by atoms with Gasteiger partial charge in [0.15, 0.2) is 0 Å². The summed E-state index contributed by atoms with van der Waals surface area (Å²) in [5.41, 5.74) is 7.65. The zero-order valence-corrected chi connectivity index (χ0v) is 11.0. The number of hydrogen-bond acceptors (Lipinski definition) is 3. The number of amides is 1. The van der Waals surface area contributed by atoms with Crippen molar-refractivity contribution in [2.24, 2.45) is 0 Å². The van der Waals surface area contributed by atoms with Crippen LogP contribution >= 0.6 is 11.6 Å². The van der Waals surface area contributed by atoms with E-state index in [2.05, 4.69) is 10.3 Å². The molecule has 0 fully saturated rings. The fraction of sp³-hybridized carbons (Fsp3) is 0.143. The summed E-state index contributed by atoms with van der Waals surface area (Å²) >= 11 is 5.81. The van der Waals surface area contributed by atoms with Gasteiger partial charge in [-0.25, -0.2) is 0 Å². The van der Waals surface area contributed by atoms with Gasteiger partial charge in [0, 0.05) is 24.5 Å². The summed E-state index contributed by atoms with van der Waals surface area (Å²) in [6.45, 7) is 0.549. The first-order valence-electron chi connectivity index (χ1n) is 5.89. The minimum atomic E-state index is -0.160. The van der Waals surface area contributed by atoms with E-state index < -0.39 is 0 Å². The standard InChI is InChI=1S/C14H14ClN3O/c15-12-4-3-11(8-13(12)16)14(19)18-7-5-10-2-1-6-17-9-10/h1-4,6,8-9H,5,7,16H2,(H,18,19). The molecule has 4 nitrogen and oxygen atoms in total. The fourth-order valence-corrected chi connectivity index (χ4v) is 1.77. The highest BCUT2D eigenvalue weighted by atomic mass is 35.5. The smallest absolute Gasteiger partial charge is 0.251 e. The number of carbonyl (C=O) groups is 1. The zero-order chi connectivity index (χ0) is 13.7. The van der Waals surface area contributed by atoms with Crippen LogP contribution in [0.4, 0.5) is 5.69 Å². The highest BCUT2D eigenvalue weighted by Crippen LogP contribution is 2.19. The lowest BCUT2D eigenvalue weighted by Gasteiger charge is -2.06. The molecule has 0 atom stereocenters. The van der Waals surface area contributed by atoms with Crippen LogP contribution in [0.1, 0.15) is 15.9 Å². The molecule has 2 rings (SSSR count). The quantitative estimate of drug-likeness (QED) is 0.841. The summed E-state index contributed by atoms with van der Waals surface area (Å²) in [6.07, 6.45) is 4.24. The van der Waals surface area contributed by atoms with Gasteiger partial charge in [-0.15, -0.1) is 0 Å². The van der Waals surface area contributed by atoms with Crippen LogP contribution in [0.2, 0.25) is 5.02 Å². The van der Waals surface area contributed by atoms with E-state index in [1.807, 2.05) is 12.1 Å². The molecule has 0 aliphatic rings. The maximum absolute atomic E-state index is 11.9. The number of hydrogen-bond donors (Lipinski definition) is 2. The van der Waals surface area contributed by atoms with Crippen LogP contribution in [0, 0.1) is 0 Å². The van der Waals surface area contributed by atoms with Crippen LogP contribution in [0.15, 0.2) is 42.7 Å². The Morgan fingerprint density at radius 2 is 2.21 bits per heavy atom. The van der Waals surface area contributed by atoms with Crippen LogP contribution in [0.3, 0.4) is 0 Å². The van der Waals surface area contributed by atoms with Crippen LogP contribution in [0.25, 0.3) is 0 Å². The molecule has 1 amide bonds. The highest BCUT2D eigenvalue weighted by molar-refractivity contribution is 6.33. The van der Waals surface area contributed by atoms with Crippen molar-refractivity contribution in [2.75, 3.05) is 12.3 Å². The first-order chi connectivity index (χ1) is 9.16. The molecule has 1 heterocycles. The summed E-state index contributed by atoms with van der Waals surface area (Å²) in [5.74, 6) is -0.160. The van der Waals surface area contributed by atoms with Crippen molar-refractivity contribution in [3.05, 3.63) is 58.9 Å². The number of halogens is 1. The maximum Gasteiger partial charge on any atom is 0.251 e. The van der Waals surface area contributed by atoms with Crippen molar-refractivity contribution in [2.45, 2.75) is 6.42 Å². The third kappa shape index (κ3) is 3.69. The molecular formula is C14H14ClN3O. The van der Waals surface area contributed by atoms with Crippen LogP contribution < -0.4 is 11.1 Å². The van der Waals surface area contributed by atoms with E-state index in [0.29, 0.717) is 22.8 Å². The third-order valence-corrected chi connectivity index (χ3v) is 3.02. The van der Waals surface area contributed by atoms with Gasteiger partial charge in [-0.3, -0.25) is 9.78 Å². The molecule has 0 saturated heterocycles. The average molecular weight is 276 g/mol. The first-order valence-corrected chi connectivity index (χ1v) is 6.27. The van der Waals surface area contributed by atoms with Crippen molar-refractivity contribution in [3.8, 4) is 0 Å². The minimum Gasteiger partial charge on any atom is -0.398 e. The van der Waals surface area contributed by atoms with Gasteiger partial charge in [0.2, 0.25) is 0 Å². The molecule has 0 unspecified atom stereocenters. The van der Waals surface area contributed by atoms with E-state index in [4.69, 9.17) is 17.3 Å². The molecule has 19 heavy (non-hydrogen) atoms. The zero-order valence-electron chi connectivity index (χ0n) is 10.3. The molecule has 0 aliphatic heterocycles. The predicted octanol–water partition coefficient (Wildman–Crippen LogP) is 2.29. The number of nitrogens with two attached hydrogens (primary N) is 1. The third-order valence-electron chi connectivity index (χ3n) is 2.68. The Hall–Kier alpha value is -2.07. The second-order valence-corrected chi connectivity index (χ2v) is 4.51. The molecular weight excluding hydrogens is 262 g/mol. The van der Waals surface area contributed by atoms with E-state index in [-0.39, 0.29) is 5.91 Å². The number of aromatic nitrogens is 1. The SMILES string of the molecule is Nc1cc(C(=O)NCCc2cccnc2)ccc1Cl. The van der Waals surface area contributed by atoms with Crippen molar-refractivity contribution >= 4 is 23.2 Å². The average Bonchev–Trinajstić information content (AvgIpc) is 2.43. The second kappa shape index (κ2) is 6.20. The number of pyridine rings is 1. The Balaban J connectivity index is 1.89. The molecule has 0 radical (unpaired) electrons. The van der Waals surface area contributed by atoms with Crippen LogP contribution in [0.5, 0.6) is 0 Å². The lowest BCUT2D eigenvalue weighted by molar-refractivity contribution is 0.0954. The van der Waals surface area contributed by atoms with Crippen molar-refractivity contribution in [1.29, 1.82) is 0 Å². The number of nitrogens with one attached hydrogen (secondary N) is 1. The van der Waals surface area contributed by atoms with E-state index >= 15 is 0 Å². The molecule has 1 aromatic carbocycles. The van der Waals surface area contributed by atoms with Crippen molar-refractivity contribution < 1.29 is 4.79 Å². The van der Waals surface area contributed by atoms with Gasteiger partial charge in [0.1, 0.15) is 0 Å². The number of rotatable bonds is 4. The number of benzene rings is 1. The molecule has 2 aromatic rings. The molecule has 98 valence electrons. The molecule has 5 heteroatoms. The van der Waals surface area contributed by atoms with Crippen molar-refractivity contribution in [1.82, 2.24) is 10.3 Å². The largest absolute Gasteiger partial charge is 0.398 e. The van der Waals surface area contributed by atoms with Gasteiger partial charge in [-0.2, -0.15) is 0 Å². The molecule has 1 aromatic heterocycles. The Labute approximate surface area is 116 Å². The normalized spacial score (nSPS) is 10.2. The maximum atomic E-state index is 11.9. The molecule has 3 N–H and O–H groups in total. The Morgan fingerprint density at radius 3 is 2.89 bits per heavy atom. The molecule has 0 bridgehead atoms. The Morgan fingerprint density at radius 1 is 1.37 bits per heavy atom. The molecule has 0 spiro atoms. The van der Waals surface area contributed by atoms with Gasteiger partial charge in [-0.1, -0.05) is 17.7 Å². The van der Waals surface area contributed by atoms with Gasteiger partial charge < -0.3 is 11.1 Å². The van der Waals surface area contributed by atoms with E-state index in [9.17, 15) is 4.79 Å². The van der Waals surface area contributed by atoms with E-state index in [1.54, 1.807) is 30.6 Å².